The van der Waals surface area contributed by atoms with E-state index in [0.717, 1.165) is 39.5 Å². The van der Waals surface area contributed by atoms with Gasteiger partial charge in [-0.05, 0) is 33.0 Å². The minimum absolute atomic E-state index is 0.538. The van der Waals surface area contributed by atoms with Crippen molar-refractivity contribution in [2.75, 3.05) is 59.6 Å². The molecular formula is C12H25N3O2. The van der Waals surface area contributed by atoms with Crippen LogP contribution < -0.4 is 5.48 Å². The summed E-state index contributed by atoms with van der Waals surface area (Å²) in [5.74, 6) is 0. The lowest BCUT2D eigenvalue weighted by Gasteiger charge is -2.30. The molecule has 0 aromatic rings. The van der Waals surface area contributed by atoms with Crippen molar-refractivity contribution in [1.29, 1.82) is 0 Å². The molecule has 0 saturated carbocycles. The summed E-state index contributed by atoms with van der Waals surface area (Å²) in [6.45, 7) is 7.92. The van der Waals surface area contributed by atoms with E-state index in [9.17, 15) is 0 Å². The van der Waals surface area contributed by atoms with Crippen molar-refractivity contribution in [3.8, 4) is 0 Å². The van der Waals surface area contributed by atoms with E-state index in [2.05, 4.69) is 22.3 Å². The van der Waals surface area contributed by atoms with Gasteiger partial charge < -0.3 is 14.5 Å². The number of piperidine rings is 1. The number of rotatable bonds is 5. The van der Waals surface area contributed by atoms with Crippen LogP contribution in [-0.4, -0.2) is 75.4 Å². The lowest BCUT2D eigenvalue weighted by atomic mass is 10.1. The molecule has 0 spiro atoms. The van der Waals surface area contributed by atoms with E-state index in [1.807, 2.05) is 0 Å². The van der Waals surface area contributed by atoms with E-state index >= 15 is 0 Å². The molecule has 0 atom stereocenters. The van der Waals surface area contributed by atoms with E-state index in [4.69, 9.17) is 9.57 Å². The Labute approximate surface area is 104 Å². The SMILES string of the molecule is CN1CCC(NOCCN2CCOCC2)CC1. The van der Waals surface area contributed by atoms with E-state index in [1.54, 1.807) is 0 Å². The molecule has 2 rings (SSSR count). The maximum Gasteiger partial charge on any atom is 0.0809 e. The van der Waals surface area contributed by atoms with Gasteiger partial charge in [0.2, 0.25) is 0 Å². The van der Waals surface area contributed by atoms with Gasteiger partial charge in [-0.2, -0.15) is 5.48 Å². The highest BCUT2D eigenvalue weighted by atomic mass is 16.6. The smallest absolute Gasteiger partial charge is 0.0809 e. The predicted molar refractivity (Wildman–Crippen MR) is 66.9 cm³/mol. The van der Waals surface area contributed by atoms with Crippen LogP contribution in [0.1, 0.15) is 12.8 Å². The van der Waals surface area contributed by atoms with Crippen molar-refractivity contribution in [3.63, 3.8) is 0 Å². The monoisotopic (exact) mass is 243 g/mol. The van der Waals surface area contributed by atoms with Gasteiger partial charge in [0.25, 0.3) is 0 Å². The average Bonchev–Trinajstić information content (AvgIpc) is 2.38. The van der Waals surface area contributed by atoms with Gasteiger partial charge in [0.15, 0.2) is 0 Å². The summed E-state index contributed by atoms with van der Waals surface area (Å²) in [6, 6.07) is 0.538. The first-order valence-electron chi connectivity index (χ1n) is 6.70. The summed E-state index contributed by atoms with van der Waals surface area (Å²) in [5.41, 5.74) is 3.20. The number of hydrogen-bond donors (Lipinski definition) is 1. The molecule has 2 aliphatic rings. The van der Waals surface area contributed by atoms with Gasteiger partial charge in [-0.1, -0.05) is 0 Å². The predicted octanol–water partition coefficient (Wildman–Crippen LogP) is -0.0660. The summed E-state index contributed by atoms with van der Waals surface area (Å²) in [4.78, 5) is 10.3. The minimum Gasteiger partial charge on any atom is -0.379 e. The highest BCUT2D eigenvalue weighted by molar-refractivity contribution is 4.72. The van der Waals surface area contributed by atoms with Crippen LogP contribution >= 0.6 is 0 Å². The van der Waals surface area contributed by atoms with Gasteiger partial charge in [-0.3, -0.25) is 4.90 Å². The maximum absolute atomic E-state index is 5.56. The van der Waals surface area contributed by atoms with Crippen LogP contribution in [0.25, 0.3) is 0 Å². The van der Waals surface area contributed by atoms with Gasteiger partial charge in [0.1, 0.15) is 0 Å². The van der Waals surface area contributed by atoms with Crippen LogP contribution in [0.2, 0.25) is 0 Å². The zero-order valence-corrected chi connectivity index (χ0v) is 10.9. The molecule has 17 heavy (non-hydrogen) atoms. The van der Waals surface area contributed by atoms with Gasteiger partial charge in [0, 0.05) is 25.7 Å². The second-order valence-corrected chi connectivity index (χ2v) is 5.00. The standard InChI is InChI=1S/C12H25N3O2/c1-14-4-2-12(3-5-14)13-17-11-8-15-6-9-16-10-7-15/h12-13H,2-11H2,1H3. The van der Waals surface area contributed by atoms with Crippen molar-refractivity contribution in [2.24, 2.45) is 0 Å². The zero-order chi connectivity index (χ0) is 11.9. The third-order valence-electron chi connectivity index (χ3n) is 3.58. The summed E-state index contributed by atoms with van der Waals surface area (Å²) in [7, 11) is 2.18. The Morgan fingerprint density at radius 2 is 1.88 bits per heavy atom. The largest absolute Gasteiger partial charge is 0.379 e. The molecule has 2 fully saturated rings. The normalized spacial score (nSPS) is 25.2. The molecule has 0 aromatic carbocycles. The van der Waals surface area contributed by atoms with Crippen molar-refractivity contribution in [1.82, 2.24) is 15.3 Å². The molecule has 0 amide bonds. The molecule has 1 N–H and O–H groups in total. The molecule has 0 bridgehead atoms. The van der Waals surface area contributed by atoms with Crippen molar-refractivity contribution in [2.45, 2.75) is 18.9 Å². The fraction of sp³-hybridized carbons (Fsp3) is 1.00. The number of nitrogens with one attached hydrogen (secondary N) is 1. The Hall–Kier alpha value is -0.200. The maximum atomic E-state index is 5.56. The van der Waals surface area contributed by atoms with Gasteiger partial charge >= 0.3 is 0 Å². The van der Waals surface area contributed by atoms with Crippen molar-refractivity contribution >= 4 is 0 Å². The molecule has 100 valence electrons. The average molecular weight is 243 g/mol. The van der Waals surface area contributed by atoms with E-state index in [1.165, 1.54) is 25.9 Å². The topological polar surface area (TPSA) is 37.0 Å². The number of nitrogens with zero attached hydrogens (tertiary/aromatic N) is 2. The molecule has 0 radical (unpaired) electrons. The molecule has 2 aliphatic heterocycles. The van der Waals surface area contributed by atoms with E-state index < -0.39 is 0 Å². The van der Waals surface area contributed by atoms with Crippen LogP contribution in [0, 0.1) is 0 Å². The fourth-order valence-electron chi connectivity index (χ4n) is 2.30. The molecular weight excluding hydrogens is 218 g/mol. The van der Waals surface area contributed by atoms with Crippen LogP contribution in [-0.2, 0) is 9.57 Å². The number of hydrogen-bond acceptors (Lipinski definition) is 5. The molecule has 0 aromatic heterocycles. The molecule has 2 heterocycles. The van der Waals surface area contributed by atoms with Crippen LogP contribution in [0.3, 0.4) is 0 Å². The van der Waals surface area contributed by atoms with E-state index in [-0.39, 0.29) is 0 Å². The molecule has 5 heteroatoms. The van der Waals surface area contributed by atoms with E-state index in [0.29, 0.717) is 6.04 Å². The fourth-order valence-corrected chi connectivity index (χ4v) is 2.30. The Kier molecular flexibility index (Phi) is 5.67. The molecule has 2 saturated heterocycles. The lowest BCUT2D eigenvalue weighted by Crippen LogP contribution is -2.43. The minimum atomic E-state index is 0.538. The summed E-state index contributed by atoms with van der Waals surface area (Å²) >= 11 is 0. The highest BCUT2D eigenvalue weighted by Gasteiger charge is 2.16. The van der Waals surface area contributed by atoms with Crippen LogP contribution in [0.5, 0.6) is 0 Å². The first kappa shape index (κ1) is 13.2. The second-order valence-electron chi connectivity index (χ2n) is 5.00. The molecule has 0 unspecified atom stereocenters. The summed E-state index contributed by atoms with van der Waals surface area (Å²) < 4.78 is 5.31. The highest BCUT2D eigenvalue weighted by Crippen LogP contribution is 2.07. The Balaban J connectivity index is 1.48. The number of hydroxylamine groups is 1. The van der Waals surface area contributed by atoms with Crippen LogP contribution in [0.15, 0.2) is 0 Å². The van der Waals surface area contributed by atoms with Crippen molar-refractivity contribution in [3.05, 3.63) is 0 Å². The Morgan fingerprint density at radius 3 is 2.59 bits per heavy atom. The molecule has 0 aliphatic carbocycles. The number of morpholine rings is 1. The zero-order valence-electron chi connectivity index (χ0n) is 10.9. The third kappa shape index (κ3) is 4.89. The van der Waals surface area contributed by atoms with Gasteiger partial charge in [-0.15, -0.1) is 0 Å². The number of ether oxygens (including phenoxy) is 1. The summed E-state index contributed by atoms with van der Waals surface area (Å²) in [6.07, 6.45) is 2.38. The quantitative estimate of drug-likeness (QED) is 0.540. The van der Waals surface area contributed by atoms with Crippen molar-refractivity contribution < 1.29 is 9.57 Å². The lowest BCUT2D eigenvalue weighted by molar-refractivity contribution is -0.0243. The van der Waals surface area contributed by atoms with Gasteiger partial charge in [0.05, 0.1) is 19.8 Å². The Bertz CT molecular complexity index is 202. The van der Waals surface area contributed by atoms with Gasteiger partial charge in [-0.25, -0.2) is 0 Å². The molecule has 5 nitrogen and oxygen atoms in total. The first-order chi connectivity index (χ1) is 8.34. The van der Waals surface area contributed by atoms with Crippen LogP contribution in [0.4, 0.5) is 0 Å². The second kappa shape index (κ2) is 7.28. The Morgan fingerprint density at radius 1 is 1.18 bits per heavy atom. The number of likely N-dealkylation sites (tertiary alicyclic amines) is 1. The first-order valence-corrected chi connectivity index (χ1v) is 6.70. The third-order valence-corrected chi connectivity index (χ3v) is 3.58. The summed E-state index contributed by atoms with van der Waals surface area (Å²) in [5, 5.41) is 0.